The van der Waals surface area contributed by atoms with E-state index in [1.807, 2.05) is 0 Å². The fraction of sp³-hybridized carbons (Fsp3) is 0.176. The Morgan fingerprint density at radius 2 is 1.62 bits per heavy atom. The van der Waals surface area contributed by atoms with E-state index in [2.05, 4.69) is 5.32 Å². The molecule has 0 aliphatic heterocycles. The summed E-state index contributed by atoms with van der Waals surface area (Å²) >= 11 is 0. The number of aliphatic carboxylic acids is 1. The number of nitrogens with one attached hydrogen (secondary N) is 1. The first-order valence-corrected chi connectivity index (χ1v) is 9.02. The second kappa shape index (κ2) is 7.27. The molecule has 1 atom stereocenters. The van der Waals surface area contributed by atoms with E-state index < -0.39 is 27.8 Å². The van der Waals surface area contributed by atoms with Crippen molar-refractivity contribution in [2.24, 2.45) is 0 Å². The lowest BCUT2D eigenvalue weighted by atomic mass is 10.1. The Bertz CT molecular complexity index is 829. The quantitative estimate of drug-likeness (QED) is 0.804. The van der Waals surface area contributed by atoms with Crippen molar-refractivity contribution < 1.29 is 23.1 Å². The number of rotatable bonds is 6. The molecule has 0 aliphatic carbocycles. The zero-order chi connectivity index (χ0) is 17.7. The SMILES string of the molecule is CS(=O)(=O)c1ccc(C(=O)N[C@@H](Cc2ccccc2)C(=O)[O-])cc1. The average Bonchev–Trinajstić information content (AvgIpc) is 2.54. The van der Waals surface area contributed by atoms with Gasteiger partial charge in [0.2, 0.25) is 0 Å². The molecule has 7 heteroatoms. The molecule has 0 saturated heterocycles. The van der Waals surface area contributed by atoms with E-state index in [9.17, 15) is 23.1 Å². The third kappa shape index (κ3) is 4.66. The molecule has 1 N–H and O–H groups in total. The number of hydrogen-bond acceptors (Lipinski definition) is 5. The van der Waals surface area contributed by atoms with Crippen LogP contribution in [-0.4, -0.2) is 32.6 Å². The van der Waals surface area contributed by atoms with Crippen LogP contribution in [0.25, 0.3) is 0 Å². The molecule has 24 heavy (non-hydrogen) atoms. The summed E-state index contributed by atoms with van der Waals surface area (Å²) in [6.45, 7) is 0. The lowest BCUT2D eigenvalue weighted by molar-refractivity contribution is -0.308. The van der Waals surface area contributed by atoms with Crippen molar-refractivity contribution in [2.45, 2.75) is 17.4 Å². The highest BCUT2D eigenvalue weighted by Crippen LogP contribution is 2.11. The summed E-state index contributed by atoms with van der Waals surface area (Å²) in [5.41, 5.74) is 0.918. The topological polar surface area (TPSA) is 103 Å². The fourth-order valence-electron chi connectivity index (χ4n) is 2.14. The maximum atomic E-state index is 12.2. The first kappa shape index (κ1) is 17.7. The van der Waals surface area contributed by atoms with Crippen LogP contribution in [-0.2, 0) is 21.1 Å². The first-order valence-electron chi connectivity index (χ1n) is 7.13. The number of amides is 1. The number of carbonyl (C=O) groups is 2. The molecular weight excluding hydrogens is 330 g/mol. The molecule has 2 rings (SSSR count). The summed E-state index contributed by atoms with van der Waals surface area (Å²) in [6, 6.07) is 12.9. The summed E-state index contributed by atoms with van der Waals surface area (Å²) in [7, 11) is -3.36. The molecule has 0 bridgehead atoms. The number of carboxylic acid groups (broad SMARTS) is 1. The molecule has 2 aromatic rings. The third-order valence-corrected chi connectivity index (χ3v) is 4.55. The van der Waals surface area contributed by atoms with Gasteiger partial charge in [-0.1, -0.05) is 30.3 Å². The van der Waals surface area contributed by atoms with Crippen molar-refractivity contribution in [3.05, 3.63) is 65.7 Å². The summed E-state index contributed by atoms with van der Waals surface area (Å²) in [6.07, 6.45) is 1.16. The highest BCUT2D eigenvalue weighted by molar-refractivity contribution is 7.90. The number of hydrogen-bond donors (Lipinski definition) is 1. The van der Waals surface area contributed by atoms with Gasteiger partial charge in [0.25, 0.3) is 5.91 Å². The van der Waals surface area contributed by atoms with E-state index in [1.165, 1.54) is 24.3 Å². The Kier molecular flexibility index (Phi) is 5.35. The Morgan fingerprint density at radius 1 is 1.04 bits per heavy atom. The molecule has 6 nitrogen and oxygen atoms in total. The van der Waals surface area contributed by atoms with Crippen molar-refractivity contribution in [3.8, 4) is 0 Å². The van der Waals surface area contributed by atoms with Crippen molar-refractivity contribution in [1.29, 1.82) is 0 Å². The van der Waals surface area contributed by atoms with Gasteiger partial charge >= 0.3 is 0 Å². The Balaban J connectivity index is 2.12. The van der Waals surface area contributed by atoms with E-state index in [1.54, 1.807) is 30.3 Å². The molecule has 0 unspecified atom stereocenters. The zero-order valence-electron chi connectivity index (χ0n) is 12.9. The lowest BCUT2D eigenvalue weighted by Crippen LogP contribution is -2.49. The molecule has 0 aromatic heterocycles. The number of carbonyl (C=O) groups excluding carboxylic acids is 2. The second-order valence-corrected chi connectivity index (χ2v) is 7.35. The van der Waals surface area contributed by atoms with Gasteiger partial charge < -0.3 is 15.2 Å². The molecule has 0 aliphatic rings. The molecule has 0 saturated carbocycles. The zero-order valence-corrected chi connectivity index (χ0v) is 13.7. The Hall–Kier alpha value is -2.67. The van der Waals surface area contributed by atoms with Crippen LogP contribution in [0.15, 0.2) is 59.5 Å². The van der Waals surface area contributed by atoms with Gasteiger partial charge in [-0.3, -0.25) is 4.79 Å². The van der Waals surface area contributed by atoms with Crippen molar-refractivity contribution in [3.63, 3.8) is 0 Å². The molecular formula is C17H16NO5S-. The van der Waals surface area contributed by atoms with Gasteiger partial charge in [0, 0.05) is 11.8 Å². The van der Waals surface area contributed by atoms with Crippen molar-refractivity contribution in [2.75, 3.05) is 6.26 Å². The maximum absolute atomic E-state index is 12.2. The van der Waals surface area contributed by atoms with Crippen LogP contribution in [0.5, 0.6) is 0 Å². The van der Waals surface area contributed by atoms with Crippen LogP contribution in [0.2, 0.25) is 0 Å². The van der Waals surface area contributed by atoms with E-state index in [-0.39, 0.29) is 16.9 Å². The highest BCUT2D eigenvalue weighted by Gasteiger charge is 2.16. The molecule has 1 amide bonds. The van der Waals surface area contributed by atoms with Crippen LogP contribution in [0.3, 0.4) is 0 Å². The van der Waals surface area contributed by atoms with Crippen LogP contribution < -0.4 is 10.4 Å². The van der Waals surface area contributed by atoms with Gasteiger partial charge in [-0.2, -0.15) is 0 Å². The van der Waals surface area contributed by atoms with Gasteiger partial charge in [-0.25, -0.2) is 8.42 Å². The summed E-state index contributed by atoms with van der Waals surface area (Å²) in [4.78, 5) is 23.5. The summed E-state index contributed by atoms with van der Waals surface area (Å²) in [5.74, 6) is -2.00. The summed E-state index contributed by atoms with van der Waals surface area (Å²) < 4.78 is 22.8. The molecule has 0 spiro atoms. The minimum atomic E-state index is -3.36. The van der Waals surface area contributed by atoms with Crippen LogP contribution >= 0.6 is 0 Å². The second-order valence-electron chi connectivity index (χ2n) is 5.33. The van der Waals surface area contributed by atoms with Crippen molar-refractivity contribution >= 4 is 21.7 Å². The standard InChI is InChI=1S/C17H17NO5S/c1-24(22,23)14-9-7-13(8-10-14)16(19)18-15(17(20)21)11-12-5-3-2-4-6-12/h2-10,15H,11H2,1H3,(H,18,19)(H,20,21)/p-1/t15-/m0/s1. The lowest BCUT2D eigenvalue weighted by Gasteiger charge is -2.20. The maximum Gasteiger partial charge on any atom is 0.251 e. The predicted octanol–water partition coefficient (Wildman–Crippen LogP) is 0.181. The average molecular weight is 346 g/mol. The van der Waals surface area contributed by atoms with Gasteiger partial charge in [0.1, 0.15) is 0 Å². The van der Waals surface area contributed by atoms with Gasteiger partial charge in [0.15, 0.2) is 9.84 Å². The third-order valence-electron chi connectivity index (χ3n) is 3.42. The Labute approximate surface area is 140 Å². The molecule has 0 radical (unpaired) electrons. The highest BCUT2D eigenvalue weighted by atomic mass is 32.2. The van der Waals surface area contributed by atoms with E-state index in [0.717, 1.165) is 11.8 Å². The largest absolute Gasteiger partial charge is 0.548 e. The smallest absolute Gasteiger partial charge is 0.251 e. The predicted molar refractivity (Wildman–Crippen MR) is 86.0 cm³/mol. The van der Waals surface area contributed by atoms with Crippen molar-refractivity contribution in [1.82, 2.24) is 5.32 Å². The Morgan fingerprint density at radius 3 is 2.12 bits per heavy atom. The van der Waals surface area contributed by atoms with Gasteiger partial charge in [-0.05, 0) is 36.2 Å². The molecule has 0 fully saturated rings. The van der Waals surface area contributed by atoms with Crippen LogP contribution in [0.4, 0.5) is 0 Å². The first-order chi connectivity index (χ1) is 11.3. The molecule has 0 heterocycles. The minimum absolute atomic E-state index is 0.0831. The monoisotopic (exact) mass is 346 g/mol. The van der Waals surface area contributed by atoms with Crippen LogP contribution in [0, 0.1) is 0 Å². The summed E-state index contributed by atoms with van der Waals surface area (Å²) in [5, 5.41) is 13.6. The van der Waals surface area contributed by atoms with Gasteiger partial charge in [0.05, 0.1) is 16.9 Å². The van der Waals surface area contributed by atoms with E-state index in [0.29, 0.717) is 0 Å². The molecule has 126 valence electrons. The normalized spacial score (nSPS) is 12.4. The number of sulfone groups is 1. The van der Waals surface area contributed by atoms with Crippen LogP contribution in [0.1, 0.15) is 15.9 Å². The van der Waals surface area contributed by atoms with E-state index >= 15 is 0 Å². The minimum Gasteiger partial charge on any atom is -0.548 e. The van der Waals surface area contributed by atoms with E-state index in [4.69, 9.17) is 0 Å². The fourth-order valence-corrected chi connectivity index (χ4v) is 2.77. The number of benzene rings is 2. The molecule has 2 aromatic carbocycles. The number of carboxylic acids is 1. The van der Waals surface area contributed by atoms with Gasteiger partial charge in [-0.15, -0.1) is 0 Å².